The van der Waals surface area contributed by atoms with Crippen LogP contribution in [0.5, 0.6) is 0 Å². The van der Waals surface area contributed by atoms with Crippen LogP contribution in [0.25, 0.3) is 11.0 Å². The number of hydrogen-bond acceptors (Lipinski definition) is 3. The molecule has 0 N–H and O–H groups in total. The zero-order valence-electron chi connectivity index (χ0n) is 13.7. The summed E-state index contributed by atoms with van der Waals surface area (Å²) in [6.45, 7) is 3.33. The van der Waals surface area contributed by atoms with Crippen LogP contribution < -0.4 is 0 Å². The molecule has 3 aromatic rings. The number of para-hydroxylation sites is 1. The lowest BCUT2D eigenvalue weighted by Gasteiger charge is -2.22. The Balaban J connectivity index is 1.96. The maximum Gasteiger partial charge on any atom is 0.243 e. The molecule has 0 aliphatic carbocycles. The van der Waals surface area contributed by atoms with Crippen molar-refractivity contribution in [1.82, 2.24) is 4.31 Å². The number of benzene rings is 2. The summed E-state index contributed by atoms with van der Waals surface area (Å²) < 4.78 is 46.2. The van der Waals surface area contributed by atoms with Crippen molar-refractivity contribution in [2.24, 2.45) is 0 Å². The number of nitrogens with zero attached hydrogens (tertiary/aromatic N) is 1. The van der Waals surface area contributed by atoms with Crippen molar-refractivity contribution in [2.45, 2.75) is 24.8 Å². The maximum absolute atomic E-state index is 13.7. The van der Waals surface area contributed by atoms with E-state index in [9.17, 15) is 12.8 Å². The molecule has 0 fully saturated rings. The van der Waals surface area contributed by atoms with Gasteiger partial charge in [-0.3, -0.25) is 0 Å². The van der Waals surface area contributed by atoms with Crippen LogP contribution in [0.3, 0.4) is 0 Å². The van der Waals surface area contributed by atoms with Crippen LogP contribution in [-0.4, -0.2) is 19.8 Å². The lowest BCUT2D eigenvalue weighted by Crippen LogP contribution is -2.29. The molecule has 4 nitrogen and oxygen atoms in total. The van der Waals surface area contributed by atoms with Crippen LogP contribution in [0.4, 0.5) is 4.39 Å². The largest absolute Gasteiger partial charge is 0.459 e. The van der Waals surface area contributed by atoms with E-state index >= 15 is 0 Å². The Labute approximate surface area is 140 Å². The SMILES string of the molecule is Cc1ccc(S(=O)(=O)N(C)C(C)c2cc3ccccc3o2)cc1F. The molecule has 0 saturated heterocycles. The number of furan rings is 1. The number of aryl methyl sites for hydroxylation is 1. The van der Waals surface area contributed by atoms with E-state index < -0.39 is 21.9 Å². The molecule has 2 aromatic carbocycles. The Morgan fingerprint density at radius 2 is 1.83 bits per heavy atom. The van der Waals surface area contributed by atoms with Crippen LogP contribution in [-0.2, 0) is 10.0 Å². The van der Waals surface area contributed by atoms with E-state index in [1.165, 1.54) is 23.5 Å². The molecule has 1 unspecified atom stereocenters. The molecule has 126 valence electrons. The Kier molecular flexibility index (Phi) is 4.19. The van der Waals surface area contributed by atoms with Gasteiger partial charge in [-0.25, -0.2) is 12.8 Å². The standard InChI is InChI=1S/C18H18FNO3S/c1-12-8-9-15(11-16(12)19)24(21,22)20(3)13(2)18-10-14-6-4-5-7-17(14)23-18/h4-11,13H,1-3H3. The van der Waals surface area contributed by atoms with Gasteiger partial charge in [0, 0.05) is 12.4 Å². The molecule has 0 radical (unpaired) electrons. The number of sulfonamides is 1. The molecule has 1 aromatic heterocycles. The summed E-state index contributed by atoms with van der Waals surface area (Å²) in [6, 6.07) is 12.7. The average Bonchev–Trinajstić information content (AvgIpc) is 2.99. The Morgan fingerprint density at radius 1 is 1.12 bits per heavy atom. The fourth-order valence-corrected chi connectivity index (χ4v) is 3.84. The van der Waals surface area contributed by atoms with Crippen LogP contribution in [0.2, 0.25) is 0 Å². The number of rotatable bonds is 4. The van der Waals surface area contributed by atoms with Gasteiger partial charge in [-0.1, -0.05) is 24.3 Å². The van der Waals surface area contributed by atoms with Gasteiger partial charge in [0.25, 0.3) is 0 Å². The minimum atomic E-state index is -3.83. The van der Waals surface area contributed by atoms with Gasteiger partial charge in [-0.2, -0.15) is 4.31 Å². The summed E-state index contributed by atoms with van der Waals surface area (Å²) in [5.74, 6) is -0.00396. The van der Waals surface area contributed by atoms with E-state index in [1.54, 1.807) is 13.8 Å². The van der Waals surface area contributed by atoms with E-state index in [0.29, 0.717) is 16.9 Å². The highest BCUT2D eigenvalue weighted by Gasteiger charge is 2.28. The summed E-state index contributed by atoms with van der Waals surface area (Å²) in [4.78, 5) is -0.0731. The van der Waals surface area contributed by atoms with Crippen LogP contribution in [0.1, 0.15) is 24.3 Å². The quantitative estimate of drug-likeness (QED) is 0.708. The predicted molar refractivity (Wildman–Crippen MR) is 90.7 cm³/mol. The van der Waals surface area contributed by atoms with Crippen molar-refractivity contribution in [1.29, 1.82) is 0 Å². The van der Waals surface area contributed by atoms with E-state index in [1.807, 2.05) is 30.3 Å². The molecule has 3 rings (SSSR count). The highest BCUT2D eigenvalue weighted by molar-refractivity contribution is 7.89. The van der Waals surface area contributed by atoms with Crippen molar-refractivity contribution in [2.75, 3.05) is 7.05 Å². The fraction of sp³-hybridized carbons (Fsp3) is 0.222. The minimum absolute atomic E-state index is 0.0731. The van der Waals surface area contributed by atoms with Gasteiger partial charge >= 0.3 is 0 Å². The molecule has 0 saturated carbocycles. The third kappa shape index (κ3) is 2.83. The predicted octanol–water partition coefficient (Wildman–Crippen LogP) is 4.26. The van der Waals surface area contributed by atoms with Gasteiger partial charge in [0.1, 0.15) is 17.2 Å². The zero-order chi connectivity index (χ0) is 17.5. The summed E-state index contributed by atoms with van der Waals surface area (Å²) in [6.07, 6.45) is 0. The van der Waals surface area contributed by atoms with Crippen molar-refractivity contribution < 1.29 is 17.2 Å². The van der Waals surface area contributed by atoms with E-state index in [-0.39, 0.29) is 4.90 Å². The molecule has 6 heteroatoms. The van der Waals surface area contributed by atoms with Crippen molar-refractivity contribution in [3.8, 4) is 0 Å². The van der Waals surface area contributed by atoms with Crippen molar-refractivity contribution in [3.05, 3.63) is 65.7 Å². The first-order valence-corrected chi connectivity index (χ1v) is 8.97. The lowest BCUT2D eigenvalue weighted by molar-refractivity contribution is 0.348. The average molecular weight is 347 g/mol. The van der Waals surface area contributed by atoms with Gasteiger partial charge in [-0.15, -0.1) is 0 Å². The molecule has 0 aliphatic rings. The number of halogens is 1. The molecule has 0 bridgehead atoms. The topological polar surface area (TPSA) is 50.5 Å². The zero-order valence-corrected chi connectivity index (χ0v) is 14.5. The Morgan fingerprint density at radius 3 is 2.50 bits per heavy atom. The van der Waals surface area contributed by atoms with Crippen LogP contribution in [0, 0.1) is 12.7 Å². The maximum atomic E-state index is 13.7. The molecule has 24 heavy (non-hydrogen) atoms. The van der Waals surface area contributed by atoms with E-state index in [2.05, 4.69) is 0 Å². The molecular formula is C18H18FNO3S. The second-order valence-corrected chi connectivity index (χ2v) is 7.79. The van der Waals surface area contributed by atoms with Crippen molar-refractivity contribution in [3.63, 3.8) is 0 Å². The van der Waals surface area contributed by atoms with Crippen molar-refractivity contribution >= 4 is 21.0 Å². The second-order valence-electron chi connectivity index (χ2n) is 5.79. The third-order valence-corrected chi connectivity index (χ3v) is 6.15. The minimum Gasteiger partial charge on any atom is -0.459 e. The molecule has 1 atom stereocenters. The summed E-state index contributed by atoms with van der Waals surface area (Å²) in [7, 11) is -2.37. The van der Waals surface area contributed by atoms with Gasteiger partial charge in [-0.05, 0) is 43.7 Å². The summed E-state index contributed by atoms with van der Waals surface area (Å²) in [5, 5.41) is 0.909. The molecule has 1 heterocycles. The highest BCUT2D eigenvalue weighted by Crippen LogP contribution is 2.30. The molecule has 0 spiro atoms. The number of fused-ring (bicyclic) bond motifs is 1. The van der Waals surface area contributed by atoms with Crippen LogP contribution >= 0.6 is 0 Å². The summed E-state index contributed by atoms with van der Waals surface area (Å²) in [5.41, 5.74) is 1.11. The third-order valence-electron chi connectivity index (χ3n) is 4.22. The summed E-state index contributed by atoms with van der Waals surface area (Å²) >= 11 is 0. The molecule has 0 amide bonds. The smallest absolute Gasteiger partial charge is 0.243 e. The molecule has 0 aliphatic heterocycles. The molecular weight excluding hydrogens is 329 g/mol. The van der Waals surface area contributed by atoms with Gasteiger partial charge in [0.2, 0.25) is 10.0 Å². The second kappa shape index (κ2) is 6.03. The van der Waals surface area contributed by atoms with Gasteiger partial charge in [0.05, 0.1) is 10.9 Å². The monoisotopic (exact) mass is 347 g/mol. The van der Waals surface area contributed by atoms with Gasteiger partial charge in [0.15, 0.2) is 0 Å². The Bertz CT molecular complexity index is 961. The number of hydrogen-bond donors (Lipinski definition) is 0. The normalized spacial score (nSPS) is 13.5. The first kappa shape index (κ1) is 16.7. The van der Waals surface area contributed by atoms with E-state index in [4.69, 9.17) is 4.42 Å². The van der Waals surface area contributed by atoms with Crippen LogP contribution in [0.15, 0.2) is 57.8 Å². The highest BCUT2D eigenvalue weighted by atomic mass is 32.2. The fourth-order valence-electron chi connectivity index (χ4n) is 2.50. The van der Waals surface area contributed by atoms with Gasteiger partial charge < -0.3 is 4.42 Å². The first-order valence-electron chi connectivity index (χ1n) is 7.53. The lowest BCUT2D eigenvalue weighted by atomic mass is 10.2. The van der Waals surface area contributed by atoms with E-state index in [0.717, 1.165) is 11.5 Å². The Hall–Kier alpha value is -2.18. The first-order chi connectivity index (χ1) is 11.3.